The van der Waals surface area contributed by atoms with E-state index in [0.717, 1.165) is 51.6 Å². The Morgan fingerprint density at radius 1 is 1.12 bits per heavy atom. The van der Waals surface area contributed by atoms with E-state index < -0.39 is 12.0 Å². The Hall–Kier alpha value is -2.45. The van der Waals surface area contributed by atoms with Gasteiger partial charge in [-0.1, -0.05) is 0 Å². The Kier molecular flexibility index (Phi) is 8.14. The first-order chi connectivity index (χ1) is 23.4. The highest BCUT2D eigenvalue weighted by atomic mass is 35.5. The number of nitrogens with one attached hydrogen (secondary N) is 2. The minimum Gasteiger partial charge on any atom is -0.461 e. The molecule has 5 unspecified atom stereocenters. The van der Waals surface area contributed by atoms with Gasteiger partial charge in [0.15, 0.2) is 5.82 Å². The predicted octanol–water partition coefficient (Wildman–Crippen LogP) is 3.16. The fourth-order valence-corrected chi connectivity index (χ4v) is 10.9. The van der Waals surface area contributed by atoms with Gasteiger partial charge in [0, 0.05) is 69.3 Å². The summed E-state index contributed by atoms with van der Waals surface area (Å²) in [6.45, 7) is 4.72. The van der Waals surface area contributed by atoms with Crippen LogP contribution in [0.15, 0.2) is 6.20 Å². The van der Waals surface area contributed by atoms with Crippen molar-refractivity contribution in [1.82, 2.24) is 35.6 Å². The fourth-order valence-electron chi connectivity index (χ4n) is 10.4. The number of rotatable bonds is 3. The maximum absolute atomic E-state index is 17.2. The number of carbonyl (C=O) groups is 1. The summed E-state index contributed by atoms with van der Waals surface area (Å²) in [5.74, 6) is 0.344. The number of pyridine rings is 1. The average Bonchev–Trinajstić information content (AvgIpc) is 3.86. The number of hydrazine groups is 1. The van der Waals surface area contributed by atoms with Crippen molar-refractivity contribution in [2.75, 3.05) is 64.0 Å². The molecule has 260 valence electrons. The normalized spacial score (nSPS) is 38.4. The van der Waals surface area contributed by atoms with Crippen LogP contribution in [0.5, 0.6) is 6.01 Å². The van der Waals surface area contributed by atoms with Gasteiger partial charge in [0.2, 0.25) is 5.91 Å². The number of anilines is 1. The van der Waals surface area contributed by atoms with Gasteiger partial charge in [-0.25, -0.2) is 8.78 Å². The second-order valence-corrected chi connectivity index (χ2v) is 15.8. The number of fused-ring (bicyclic) bond motifs is 8. The smallest absolute Gasteiger partial charge is 0.319 e. The summed E-state index contributed by atoms with van der Waals surface area (Å²) < 4.78 is 44.1. The molecule has 7 aliphatic heterocycles. The van der Waals surface area contributed by atoms with Crippen LogP contribution in [-0.2, 0) is 9.53 Å². The van der Waals surface area contributed by atoms with Gasteiger partial charge in [-0.3, -0.25) is 25.5 Å². The SMILES string of the molecule is O=C1COCCCC2C(Cl)CC3NNCC3C2c2ncc3c(nc(OC[C@@]45CCCN4C[C@H](F)C5)nc3c2F)N2CC[C@H]3CCN1[C@H]3C2. The third-order valence-corrected chi connectivity index (χ3v) is 13.3. The maximum atomic E-state index is 17.2. The molecule has 1 aliphatic carbocycles. The number of carbonyl (C=O) groups excluding carboxylic acids is 1. The van der Waals surface area contributed by atoms with Crippen molar-refractivity contribution >= 4 is 34.2 Å². The highest BCUT2D eigenvalue weighted by Crippen LogP contribution is 2.48. The van der Waals surface area contributed by atoms with Crippen molar-refractivity contribution in [2.24, 2.45) is 17.8 Å². The van der Waals surface area contributed by atoms with Crippen LogP contribution in [0, 0.1) is 23.6 Å². The predicted molar refractivity (Wildman–Crippen MR) is 175 cm³/mol. The summed E-state index contributed by atoms with van der Waals surface area (Å²) in [4.78, 5) is 34.3. The van der Waals surface area contributed by atoms with Crippen LogP contribution in [0.3, 0.4) is 0 Å². The summed E-state index contributed by atoms with van der Waals surface area (Å²) in [5.41, 5.74) is 6.83. The van der Waals surface area contributed by atoms with E-state index >= 15 is 4.39 Å². The molecule has 9 heterocycles. The monoisotopic (exact) mass is 686 g/mol. The van der Waals surface area contributed by atoms with Crippen LogP contribution in [0.1, 0.15) is 63.0 Å². The van der Waals surface area contributed by atoms with Crippen molar-refractivity contribution in [2.45, 2.75) is 86.5 Å². The van der Waals surface area contributed by atoms with E-state index in [1.807, 2.05) is 4.90 Å². The van der Waals surface area contributed by atoms with Gasteiger partial charge in [-0.05, 0) is 69.2 Å². The lowest BCUT2D eigenvalue weighted by molar-refractivity contribution is -0.137. The molecule has 2 aromatic heterocycles. The first-order valence-corrected chi connectivity index (χ1v) is 18.4. The van der Waals surface area contributed by atoms with Gasteiger partial charge in [0.05, 0.1) is 22.7 Å². The van der Waals surface area contributed by atoms with Crippen molar-refractivity contribution in [3.8, 4) is 6.01 Å². The van der Waals surface area contributed by atoms with Gasteiger partial charge in [0.25, 0.3) is 0 Å². The second-order valence-electron chi connectivity index (χ2n) is 15.3. The molecule has 9 atom stereocenters. The quantitative estimate of drug-likeness (QED) is 0.468. The molecule has 0 aromatic carbocycles. The Bertz CT molecular complexity index is 1570. The topological polar surface area (TPSA) is 108 Å². The van der Waals surface area contributed by atoms with Crippen LogP contribution < -0.4 is 20.5 Å². The number of alkyl halides is 2. The Morgan fingerprint density at radius 3 is 2.94 bits per heavy atom. The molecular weight excluding hydrogens is 642 g/mol. The van der Waals surface area contributed by atoms with Crippen LogP contribution in [-0.4, -0.2) is 119 Å². The van der Waals surface area contributed by atoms with Crippen LogP contribution in [0.2, 0.25) is 0 Å². The number of hydrogen-bond donors (Lipinski definition) is 2. The second kappa shape index (κ2) is 12.4. The summed E-state index contributed by atoms with van der Waals surface area (Å²) >= 11 is 7.09. The van der Waals surface area contributed by atoms with E-state index in [-0.39, 0.29) is 71.4 Å². The molecule has 2 N–H and O–H groups in total. The average molecular weight is 687 g/mol. The van der Waals surface area contributed by atoms with Crippen molar-refractivity contribution in [3.63, 3.8) is 0 Å². The number of ether oxygens (including phenoxy) is 2. The van der Waals surface area contributed by atoms with Gasteiger partial charge in [0.1, 0.15) is 30.7 Å². The lowest BCUT2D eigenvalue weighted by Gasteiger charge is -2.42. The molecule has 14 heteroatoms. The molecule has 10 rings (SSSR count). The Morgan fingerprint density at radius 2 is 2.02 bits per heavy atom. The van der Waals surface area contributed by atoms with Gasteiger partial charge in [-0.2, -0.15) is 9.97 Å². The van der Waals surface area contributed by atoms with E-state index in [1.54, 1.807) is 6.20 Å². The van der Waals surface area contributed by atoms with E-state index in [4.69, 9.17) is 36.0 Å². The largest absolute Gasteiger partial charge is 0.461 e. The Labute approximate surface area is 284 Å². The van der Waals surface area contributed by atoms with E-state index in [1.165, 1.54) is 0 Å². The lowest BCUT2D eigenvalue weighted by Crippen LogP contribution is -2.51. The van der Waals surface area contributed by atoms with E-state index in [2.05, 4.69) is 20.7 Å². The van der Waals surface area contributed by atoms with E-state index in [0.29, 0.717) is 68.4 Å². The molecule has 1 amide bonds. The molecule has 48 heavy (non-hydrogen) atoms. The molecule has 5 saturated heterocycles. The molecule has 6 bridgehead atoms. The Balaban J connectivity index is 1.15. The fraction of sp³-hybridized carbons (Fsp3) is 0.765. The van der Waals surface area contributed by atoms with Crippen LogP contribution >= 0.6 is 11.6 Å². The van der Waals surface area contributed by atoms with Crippen LogP contribution in [0.25, 0.3) is 10.9 Å². The molecule has 11 nitrogen and oxygen atoms in total. The zero-order chi connectivity index (χ0) is 32.6. The number of nitrogens with zero attached hydrogens (tertiary/aromatic N) is 6. The van der Waals surface area contributed by atoms with Crippen molar-refractivity contribution in [1.29, 1.82) is 0 Å². The first-order valence-electron chi connectivity index (χ1n) is 18.0. The summed E-state index contributed by atoms with van der Waals surface area (Å²) in [5, 5.41) is 0.347. The summed E-state index contributed by atoms with van der Waals surface area (Å²) in [6.07, 6.45) is 7.19. The van der Waals surface area contributed by atoms with Gasteiger partial charge in [-0.15, -0.1) is 11.6 Å². The zero-order valence-corrected chi connectivity index (χ0v) is 28.0. The minimum atomic E-state index is -0.884. The molecule has 8 aliphatic rings. The number of halogens is 3. The minimum absolute atomic E-state index is 0.0157. The van der Waals surface area contributed by atoms with Gasteiger partial charge < -0.3 is 19.3 Å². The first kappa shape index (κ1) is 31.5. The summed E-state index contributed by atoms with van der Waals surface area (Å²) in [6, 6.07) is 0.215. The molecule has 0 spiro atoms. The zero-order valence-electron chi connectivity index (χ0n) is 27.3. The van der Waals surface area contributed by atoms with Gasteiger partial charge >= 0.3 is 6.01 Å². The number of aromatic nitrogens is 3. The third kappa shape index (κ3) is 5.25. The van der Waals surface area contributed by atoms with Crippen molar-refractivity contribution < 1.29 is 23.0 Å². The van der Waals surface area contributed by atoms with Crippen molar-refractivity contribution in [3.05, 3.63) is 17.7 Å². The molecular formula is C34H45ClF2N8O3. The number of piperidine rings is 1. The molecule has 0 radical (unpaired) electrons. The molecule has 1 saturated carbocycles. The highest BCUT2D eigenvalue weighted by Gasteiger charge is 2.51. The number of hydrogen-bond acceptors (Lipinski definition) is 10. The maximum Gasteiger partial charge on any atom is 0.319 e. The number of amides is 1. The third-order valence-electron chi connectivity index (χ3n) is 12.8. The molecule has 2 aromatic rings. The highest BCUT2D eigenvalue weighted by molar-refractivity contribution is 6.21. The summed E-state index contributed by atoms with van der Waals surface area (Å²) in [7, 11) is 0. The van der Waals surface area contributed by atoms with Crippen LogP contribution in [0.4, 0.5) is 14.6 Å². The van der Waals surface area contributed by atoms with E-state index in [9.17, 15) is 9.18 Å². The lowest BCUT2D eigenvalue weighted by atomic mass is 9.66. The standard InChI is InChI=1S/C34H45ClF2N8O3/c35-24-11-25-22(14-39-42-25)28-21(24)3-1-10-47-17-27(46)45-9-5-19-4-8-43(16-26(19)45)32-23-13-38-31(28)29(37)30(23)40-33(41-32)48-18-34-6-2-7-44(34)15-20(36)12-34/h13,19-22,24-26,28,39,42H,1-12,14-18H2/t19-,20+,21?,22?,24?,25?,26-,28?,34-/m0/s1. The molecule has 6 fully saturated rings.